The van der Waals surface area contributed by atoms with Crippen molar-refractivity contribution in [3.63, 3.8) is 0 Å². The van der Waals surface area contributed by atoms with Gasteiger partial charge in [0.05, 0.1) is 4.90 Å². The van der Waals surface area contributed by atoms with Gasteiger partial charge in [-0.2, -0.15) is 0 Å². The molecule has 0 radical (unpaired) electrons. The van der Waals surface area contributed by atoms with Crippen molar-refractivity contribution in [1.29, 1.82) is 0 Å². The number of benzene rings is 1. The molecule has 1 aliphatic heterocycles. The number of halogens is 1. The lowest BCUT2D eigenvalue weighted by atomic mass is 9.96. The molecule has 0 amide bonds. The fraction of sp³-hybridized carbons (Fsp3) is 0.571. The van der Waals surface area contributed by atoms with Gasteiger partial charge in [0.25, 0.3) is 0 Å². The van der Waals surface area contributed by atoms with E-state index in [0.29, 0.717) is 17.5 Å². The lowest BCUT2D eigenvalue weighted by Gasteiger charge is -2.22. The van der Waals surface area contributed by atoms with Gasteiger partial charge < -0.3 is 5.32 Å². The van der Waals surface area contributed by atoms with Gasteiger partial charge in [0.15, 0.2) is 0 Å². The molecule has 1 unspecified atom stereocenters. The maximum Gasteiger partial charge on any atom is 0.240 e. The standard InChI is InChI=1S/C14H21ClN2O2S/c1-11-4-5-13(9-14(11)15)20(18,19)17-8-6-12-3-2-7-16-10-12/h4-5,9,12,16-17H,2-3,6-8,10H2,1H3. The predicted octanol–water partition coefficient (Wildman–Crippen LogP) is 2.32. The first kappa shape index (κ1) is 15.8. The van der Waals surface area contributed by atoms with E-state index < -0.39 is 10.0 Å². The molecule has 1 atom stereocenters. The molecule has 0 aromatic heterocycles. The number of piperidine rings is 1. The third-order valence-electron chi connectivity index (χ3n) is 3.70. The Kier molecular flexibility index (Phi) is 5.43. The molecule has 2 rings (SSSR count). The van der Waals surface area contributed by atoms with E-state index >= 15 is 0 Å². The fourth-order valence-corrected chi connectivity index (χ4v) is 3.71. The van der Waals surface area contributed by atoms with Crippen molar-refractivity contribution in [3.05, 3.63) is 28.8 Å². The normalized spacial score (nSPS) is 20.0. The lowest BCUT2D eigenvalue weighted by Crippen LogP contribution is -2.33. The summed E-state index contributed by atoms with van der Waals surface area (Å²) in [5.74, 6) is 0.563. The number of hydrogen-bond acceptors (Lipinski definition) is 3. The average Bonchev–Trinajstić information content (AvgIpc) is 2.43. The molecule has 1 aromatic rings. The molecule has 1 fully saturated rings. The van der Waals surface area contributed by atoms with Crippen LogP contribution in [0.1, 0.15) is 24.8 Å². The third-order valence-corrected chi connectivity index (χ3v) is 5.56. The first-order valence-electron chi connectivity index (χ1n) is 6.95. The minimum absolute atomic E-state index is 0.231. The molecule has 0 saturated carbocycles. The van der Waals surface area contributed by atoms with E-state index in [1.165, 1.54) is 18.9 Å². The molecular formula is C14H21ClN2O2S. The van der Waals surface area contributed by atoms with Crippen LogP contribution in [0.2, 0.25) is 5.02 Å². The largest absolute Gasteiger partial charge is 0.316 e. The molecule has 1 saturated heterocycles. The molecule has 112 valence electrons. The second kappa shape index (κ2) is 6.89. The van der Waals surface area contributed by atoms with Gasteiger partial charge in [-0.25, -0.2) is 13.1 Å². The molecule has 1 aromatic carbocycles. The smallest absolute Gasteiger partial charge is 0.240 e. The highest BCUT2D eigenvalue weighted by Gasteiger charge is 2.17. The van der Waals surface area contributed by atoms with E-state index in [1.54, 1.807) is 12.1 Å². The summed E-state index contributed by atoms with van der Waals surface area (Å²) in [6, 6.07) is 4.81. The topological polar surface area (TPSA) is 58.2 Å². The van der Waals surface area contributed by atoms with E-state index in [-0.39, 0.29) is 4.90 Å². The third kappa shape index (κ3) is 4.19. The maximum atomic E-state index is 12.2. The number of aryl methyl sites for hydroxylation is 1. The molecular weight excluding hydrogens is 296 g/mol. The van der Waals surface area contributed by atoms with Crippen molar-refractivity contribution >= 4 is 21.6 Å². The Hall–Kier alpha value is -0.620. The van der Waals surface area contributed by atoms with Gasteiger partial charge in [-0.1, -0.05) is 17.7 Å². The number of hydrogen-bond donors (Lipinski definition) is 2. The van der Waals surface area contributed by atoms with Crippen LogP contribution in [0.15, 0.2) is 23.1 Å². The zero-order chi connectivity index (χ0) is 14.6. The van der Waals surface area contributed by atoms with Gasteiger partial charge in [-0.15, -0.1) is 0 Å². The van der Waals surface area contributed by atoms with Crippen LogP contribution in [0, 0.1) is 12.8 Å². The molecule has 0 spiro atoms. The summed E-state index contributed by atoms with van der Waals surface area (Å²) in [7, 11) is -3.46. The summed E-state index contributed by atoms with van der Waals surface area (Å²) < 4.78 is 27.0. The summed E-state index contributed by atoms with van der Waals surface area (Å²) in [4.78, 5) is 0.231. The summed E-state index contributed by atoms with van der Waals surface area (Å²) in [5, 5.41) is 3.81. The molecule has 1 heterocycles. The average molecular weight is 317 g/mol. The van der Waals surface area contributed by atoms with Crippen LogP contribution >= 0.6 is 11.6 Å². The Morgan fingerprint density at radius 1 is 1.45 bits per heavy atom. The first-order valence-corrected chi connectivity index (χ1v) is 8.82. The Bertz CT molecular complexity index is 554. The first-order chi connectivity index (χ1) is 9.49. The predicted molar refractivity (Wildman–Crippen MR) is 81.6 cm³/mol. The van der Waals surface area contributed by atoms with Crippen LogP contribution in [-0.2, 0) is 10.0 Å². The van der Waals surface area contributed by atoms with E-state index in [0.717, 1.165) is 25.1 Å². The van der Waals surface area contributed by atoms with Gasteiger partial charge in [-0.05, 0) is 62.9 Å². The molecule has 0 bridgehead atoms. The molecule has 6 heteroatoms. The zero-order valence-electron chi connectivity index (χ0n) is 11.7. The van der Waals surface area contributed by atoms with E-state index in [9.17, 15) is 8.42 Å². The molecule has 2 N–H and O–H groups in total. The minimum atomic E-state index is -3.46. The van der Waals surface area contributed by atoms with Gasteiger partial charge in [-0.3, -0.25) is 0 Å². The second-order valence-corrected chi connectivity index (χ2v) is 7.48. The van der Waals surface area contributed by atoms with E-state index in [2.05, 4.69) is 10.0 Å². The zero-order valence-corrected chi connectivity index (χ0v) is 13.2. The molecule has 0 aliphatic carbocycles. The summed E-state index contributed by atoms with van der Waals surface area (Å²) >= 11 is 5.98. The number of nitrogens with one attached hydrogen (secondary N) is 2. The van der Waals surface area contributed by atoms with E-state index in [4.69, 9.17) is 11.6 Å². The van der Waals surface area contributed by atoms with Crippen LogP contribution in [0.5, 0.6) is 0 Å². The quantitative estimate of drug-likeness (QED) is 0.876. The van der Waals surface area contributed by atoms with Crippen LogP contribution in [0.3, 0.4) is 0 Å². The monoisotopic (exact) mass is 316 g/mol. The van der Waals surface area contributed by atoms with Gasteiger partial charge >= 0.3 is 0 Å². The Balaban J connectivity index is 1.91. The van der Waals surface area contributed by atoms with Crippen LogP contribution < -0.4 is 10.0 Å². The van der Waals surface area contributed by atoms with Crippen LogP contribution in [0.25, 0.3) is 0 Å². The van der Waals surface area contributed by atoms with Gasteiger partial charge in [0, 0.05) is 11.6 Å². The number of sulfonamides is 1. The van der Waals surface area contributed by atoms with Crippen molar-refractivity contribution in [2.45, 2.75) is 31.1 Å². The second-order valence-electron chi connectivity index (χ2n) is 5.31. The Morgan fingerprint density at radius 3 is 2.90 bits per heavy atom. The van der Waals surface area contributed by atoms with Gasteiger partial charge in [0.2, 0.25) is 10.0 Å². The Morgan fingerprint density at radius 2 is 2.25 bits per heavy atom. The van der Waals surface area contributed by atoms with Crippen molar-refractivity contribution in [3.8, 4) is 0 Å². The maximum absolute atomic E-state index is 12.2. The molecule has 20 heavy (non-hydrogen) atoms. The highest BCUT2D eigenvalue weighted by Crippen LogP contribution is 2.20. The summed E-state index contributed by atoms with van der Waals surface area (Å²) in [6.45, 7) is 4.38. The number of rotatable bonds is 5. The van der Waals surface area contributed by atoms with Crippen molar-refractivity contribution in [1.82, 2.24) is 10.0 Å². The van der Waals surface area contributed by atoms with Crippen molar-refractivity contribution in [2.24, 2.45) is 5.92 Å². The minimum Gasteiger partial charge on any atom is -0.316 e. The summed E-state index contributed by atoms with van der Waals surface area (Å²) in [6.07, 6.45) is 3.21. The van der Waals surface area contributed by atoms with Crippen molar-refractivity contribution in [2.75, 3.05) is 19.6 Å². The SMILES string of the molecule is Cc1ccc(S(=O)(=O)NCCC2CCCNC2)cc1Cl. The highest BCUT2D eigenvalue weighted by molar-refractivity contribution is 7.89. The fourth-order valence-electron chi connectivity index (χ4n) is 2.39. The van der Waals surface area contributed by atoms with Crippen LogP contribution in [0.4, 0.5) is 0 Å². The van der Waals surface area contributed by atoms with Crippen LogP contribution in [-0.4, -0.2) is 28.1 Å². The molecule has 1 aliphatic rings. The van der Waals surface area contributed by atoms with Gasteiger partial charge in [0.1, 0.15) is 0 Å². The van der Waals surface area contributed by atoms with E-state index in [1.807, 2.05) is 6.92 Å². The lowest BCUT2D eigenvalue weighted by molar-refractivity contribution is 0.358. The highest BCUT2D eigenvalue weighted by atomic mass is 35.5. The Labute approximate surface area is 126 Å². The molecule has 4 nitrogen and oxygen atoms in total. The van der Waals surface area contributed by atoms with Crippen molar-refractivity contribution < 1.29 is 8.42 Å². The summed E-state index contributed by atoms with van der Waals surface area (Å²) in [5.41, 5.74) is 0.874.